The van der Waals surface area contributed by atoms with Gasteiger partial charge in [-0.3, -0.25) is 9.69 Å². The number of amides is 1. The minimum Gasteiger partial charge on any atom is -0.465 e. The van der Waals surface area contributed by atoms with Gasteiger partial charge in [0, 0.05) is 25.6 Å². The fraction of sp³-hybridized carbons (Fsp3) is 0.579. The standard InChI is InChI=1S/C19H26N2O3/c1-24-19(23)17-6-4-15(5-7-17)14-20-12-8-16(9-13-20)18(22)21-10-2-3-11-21/h4-7,16H,2-3,8-14H2,1H3. The normalized spacial score (nSPS) is 19.5. The average Bonchev–Trinajstić information content (AvgIpc) is 3.16. The minimum atomic E-state index is -0.303. The maximum absolute atomic E-state index is 12.5. The van der Waals surface area contributed by atoms with Crippen molar-refractivity contribution in [3.05, 3.63) is 35.4 Å². The first-order chi connectivity index (χ1) is 11.7. The first-order valence-corrected chi connectivity index (χ1v) is 8.86. The summed E-state index contributed by atoms with van der Waals surface area (Å²) in [6.07, 6.45) is 4.23. The number of methoxy groups -OCH3 is 1. The third kappa shape index (κ3) is 3.96. The lowest BCUT2D eigenvalue weighted by atomic mass is 9.95. The molecule has 2 fully saturated rings. The molecule has 0 atom stereocenters. The van der Waals surface area contributed by atoms with Crippen molar-refractivity contribution < 1.29 is 14.3 Å². The minimum absolute atomic E-state index is 0.209. The number of piperidine rings is 1. The Morgan fingerprint density at radius 1 is 1.04 bits per heavy atom. The molecule has 2 aliphatic rings. The number of carbonyl (C=O) groups excluding carboxylic acids is 2. The molecule has 0 N–H and O–H groups in total. The van der Waals surface area contributed by atoms with E-state index in [9.17, 15) is 9.59 Å². The highest BCUT2D eigenvalue weighted by Crippen LogP contribution is 2.23. The third-order valence-electron chi connectivity index (χ3n) is 5.14. The van der Waals surface area contributed by atoms with E-state index in [1.54, 1.807) is 0 Å². The second kappa shape index (κ2) is 7.79. The summed E-state index contributed by atoms with van der Waals surface area (Å²) in [6.45, 7) is 4.69. The van der Waals surface area contributed by atoms with Gasteiger partial charge >= 0.3 is 5.97 Å². The molecule has 2 heterocycles. The van der Waals surface area contributed by atoms with E-state index in [0.717, 1.165) is 58.4 Å². The van der Waals surface area contributed by atoms with Gasteiger partial charge in [0.05, 0.1) is 12.7 Å². The van der Waals surface area contributed by atoms with Crippen molar-refractivity contribution >= 4 is 11.9 Å². The lowest BCUT2D eigenvalue weighted by Gasteiger charge is -2.33. The predicted octanol–water partition coefficient (Wildman–Crippen LogP) is 2.31. The first kappa shape index (κ1) is 17.0. The van der Waals surface area contributed by atoms with Crippen LogP contribution in [0.15, 0.2) is 24.3 Å². The lowest BCUT2D eigenvalue weighted by molar-refractivity contribution is -0.136. The smallest absolute Gasteiger partial charge is 0.337 e. The van der Waals surface area contributed by atoms with Crippen LogP contribution in [0.2, 0.25) is 0 Å². The SMILES string of the molecule is COC(=O)c1ccc(CN2CCC(C(=O)N3CCCC3)CC2)cc1. The molecule has 2 saturated heterocycles. The molecule has 0 saturated carbocycles. The Morgan fingerprint density at radius 3 is 2.25 bits per heavy atom. The molecule has 0 spiro atoms. The van der Waals surface area contributed by atoms with Crippen LogP contribution in [0.25, 0.3) is 0 Å². The zero-order valence-electron chi connectivity index (χ0n) is 14.4. The van der Waals surface area contributed by atoms with E-state index in [2.05, 4.69) is 4.90 Å². The molecule has 0 aromatic heterocycles. The van der Waals surface area contributed by atoms with Crippen molar-refractivity contribution in [2.75, 3.05) is 33.3 Å². The van der Waals surface area contributed by atoms with Crippen LogP contribution in [0.4, 0.5) is 0 Å². The second-order valence-corrected chi connectivity index (χ2v) is 6.77. The van der Waals surface area contributed by atoms with Gasteiger partial charge in [0.2, 0.25) is 5.91 Å². The van der Waals surface area contributed by atoms with Crippen LogP contribution < -0.4 is 0 Å². The Hall–Kier alpha value is -1.88. The van der Waals surface area contributed by atoms with Crippen LogP contribution in [0.1, 0.15) is 41.6 Å². The van der Waals surface area contributed by atoms with Gasteiger partial charge in [-0.25, -0.2) is 4.79 Å². The van der Waals surface area contributed by atoms with Crippen LogP contribution in [-0.4, -0.2) is 55.0 Å². The monoisotopic (exact) mass is 330 g/mol. The molecule has 0 radical (unpaired) electrons. The van der Waals surface area contributed by atoms with Crippen molar-refractivity contribution in [1.29, 1.82) is 0 Å². The molecule has 3 rings (SSSR count). The molecule has 1 aromatic carbocycles. The fourth-order valence-corrected chi connectivity index (χ4v) is 3.66. The summed E-state index contributed by atoms with van der Waals surface area (Å²) in [5.41, 5.74) is 1.77. The number of hydrogen-bond acceptors (Lipinski definition) is 4. The van der Waals surface area contributed by atoms with Gasteiger partial charge in [-0.15, -0.1) is 0 Å². The number of ether oxygens (including phenoxy) is 1. The number of benzene rings is 1. The Morgan fingerprint density at radius 2 is 1.67 bits per heavy atom. The van der Waals surface area contributed by atoms with E-state index >= 15 is 0 Å². The molecular formula is C19H26N2O3. The van der Waals surface area contributed by atoms with Gasteiger partial charge in [-0.05, 0) is 56.5 Å². The summed E-state index contributed by atoms with van der Waals surface area (Å²) in [5.74, 6) is 0.276. The van der Waals surface area contributed by atoms with Crippen molar-refractivity contribution in [3.63, 3.8) is 0 Å². The summed E-state index contributed by atoms with van der Waals surface area (Å²) in [5, 5.41) is 0. The maximum atomic E-state index is 12.5. The average molecular weight is 330 g/mol. The quantitative estimate of drug-likeness (QED) is 0.795. The molecule has 2 aliphatic heterocycles. The van der Waals surface area contributed by atoms with Crippen molar-refractivity contribution in [3.8, 4) is 0 Å². The zero-order valence-corrected chi connectivity index (χ0v) is 14.4. The Bertz CT molecular complexity index is 571. The molecular weight excluding hydrogens is 304 g/mol. The van der Waals surface area contributed by atoms with E-state index < -0.39 is 0 Å². The number of rotatable bonds is 4. The van der Waals surface area contributed by atoms with Crippen LogP contribution in [0.5, 0.6) is 0 Å². The van der Waals surface area contributed by atoms with Crippen LogP contribution >= 0.6 is 0 Å². The number of hydrogen-bond donors (Lipinski definition) is 0. The third-order valence-corrected chi connectivity index (χ3v) is 5.14. The molecule has 130 valence electrons. The Kier molecular flexibility index (Phi) is 5.51. The van der Waals surface area contributed by atoms with E-state index in [1.165, 1.54) is 12.7 Å². The number of carbonyl (C=O) groups is 2. The topological polar surface area (TPSA) is 49.9 Å². The lowest BCUT2D eigenvalue weighted by Crippen LogP contribution is -2.41. The van der Waals surface area contributed by atoms with E-state index in [1.807, 2.05) is 29.2 Å². The first-order valence-electron chi connectivity index (χ1n) is 8.86. The highest BCUT2D eigenvalue weighted by atomic mass is 16.5. The summed E-state index contributed by atoms with van der Waals surface area (Å²) < 4.78 is 4.72. The van der Waals surface area contributed by atoms with Crippen molar-refractivity contribution in [2.24, 2.45) is 5.92 Å². The summed E-state index contributed by atoms with van der Waals surface area (Å²) >= 11 is 0. The molecule has 0 aliphatic carbocycles. The molecule has 0 unspecified atom stereocenters. The number of esters is 1. The van der Waals surface area contributed by atoms with Gasteiger partial charge in [-0.1, -0.05) is 12.1 Å². The molecule has 1 aromatic rings. The second-order valence-electron chi connectivity index (χ2n) is 6.77. The van der Waals surface area contributed by atoms with Gasteiger partial charge in [0.1, 0.15) is 0 Å². The summed E-state index contributed by atoms with van der Waals surface area (Å²) in [4.78, 5) is 28.4. The van der Waals surface area contributed by atoms with Gasteiger partial charge in [-0.2, -0.15) is 0 Å². The molecule has 1 amide bonds. The highest BCUT2D eigenvalue weighted by Gasteiger charge is 2.29. The number of likely N-dealkylation sites (tertiary alicyclic amines) is 2. The highest BCUT2D eigenvalue weighted by molar-refractivity contribution is 5.89. The van der Waals surface area contributed by atoms with Crippen LogP contribution in [-0.2, 0) is 16.1 Å². The fourth-order valence-electron chi connectivity index (χ4n) is 3.66. The van der Waals surface area contributed by atoms with E-state index in [4.69, 9.17) is 4.74 Å². The van der Waals surface area contributed by atoms with Crippen molar-refractivity contribution in [2.45, 2.75) is 32.2 Å². The Labute approximate surface area is 143 Å². The predicted molar refractivity (Wildman–Crippen MR) is 91.6 cm³/mol. The largest absolute Gasteiger partial charge is 0.465 e. The molecule has 5 nitrogen and oxygen atoms in total. The van der Waals surface area contributed by atoms with Gasteiger partial charge < -0.3 is 9.64 Å². The number of nitrogens with zero attached hydrogens (tertiary/aromatic N) is 2. The Balaban J connectivity index is 1.48. The molecule has 0 bridgehead atoms. The van der Waals surface area contributed by atoms with Crippen LogP contribution in [0, 0.1) is 5.92 Å². The van der Waals surface area contributed by atoms with E-state index in [-0.39, 0.29) is 11.9 Å². The summed E-state index contributed by atoms with van der Waals surface area (Å²) in [6, 6.07) is 7.58. The van der Waals surface area contributed by atoms with Gasteiger partial charge in [0.15, 0.2) is 0 Å². The zero-order chi connectivity index (χ0) is 16.9. The van der Waals surface area contributed by atoms with Crippen LogP contribution in [0.3, 0.4) is 0 Å². The van der Waals surface area contributed by atoms with E-state index in [0.29, 0.717) is 11.5 Å². The molecule has 5 heteroatoms. The maximum Gasteiger partial charge on any atom is 0.337 e. The molecule has 24 heavy (non-hydrogen) atoms. The van der Waals surface area contributed by atoms with Crippen molar-refractivity contribution in [1.82, 2.24) is 9.80 Å². The summed E-state index contributed by atoms with van der Waals surface area (Å²) in [7, 11) is 1.39. The van der Waals surface area contributed by atoms with Gasteiger partial charge in [0.25, 0.3) is 0 Å².